The average molecular weight is 215 g/mol. The summed E-state index contributed by atoms with van der Waals surface area (Å²) in [5.74, 6) is 0. The minimum Gasteiger partial charge on any atom is -0.383 e. The van der Waals surface area contributed by atoms with Crippen LogP contribution in [0.1, 0.15) is 30.8 Å². The number of fused-ring (bicyclic) bond motifs is 2. The van der Waals surface area contributed by atoms with Crippen LogP contribution in [0, 0.1) is 0 Å². The van der Waals surface area contributed by atoms with Crippen molar-refractivity contribution < 1.29 is 8.85 Å². The lowest BCUT2D eigenvalue weighted by Gasteiger charge is -2.43. The molecule has 88 valence electrons. The molecule has 2 fully saturated rings. The fraction of sp³-hybridized carbons (Fsp3) is 1.00. The van der Waals surface area contributed by atoms with Crippen molar-refractivity contribution in [1.82, 2.24) is 9.80 Å². The zero-order valence-electron chi connectivity index (χ0n) is 12.8. The van der Waals surface area contributed by atoms with Crippen molar-refractivity contribution in [1.29, 1.82) is 0 Å². The van der Waals surface area contributed by atoms with E-state index in [1.54, 1.807) is 0 Å². The first-order chi connectivity index (χ1) is 8.37. The Balaban J connectivity index is 1.78. The van der Waals surface area contributed by atoms with Crippen molar-refractivity contribution in [3.05, 3.63) is 0 Å². The van der Waals surface area contributed by atoms with Crippen molar-refractivity contribution in [3.8, 4) is 0 Å². The predicted molar refractivity (Wildman–Crippen MR) is 62.1 cm³/mol. The average Bonchev–Trinajstić information content (AvgIpc) is 2.49. The smallest absolute Gasteiger partial charge is 0.0589 e. The summed E-state index contributed by atoms with van der Waals surface area (Å²) in [6.45, 7) is 7.67. The third-order valence-electron chi connectivity index (χ3n) is 3.72. The van der Waals surface area contributed by atoms with E-state index < -0.39 is 7.04 Å². The van der Waals surface area contributed by atoms with Gasteiger partial charge in [-0.05, 0) is 26.7 Å². The molecule has 2 unspecified atom stereocenters. The summed E-state index contributed by atoms with van der Waals surface area (Å²) in [7, 11) is -2.25. The van der Waals surface area contributed by atoms with Crippen LogP contribution in [0.3, 0.4) is 0 Å². The highest BCUT2D eigenvalue weighted by Gasteiger charge is 2.40. The Hall–Kier alpha value is -0.120. The second-order valence-electron chi connectivity index (χ2n) is 5.03. The van der Waals surface area contributed by atoms with Gasteiger partial charge in [-0.2, -0.15) is 0 Å². The third-order valence-corrected chi connectivity index (χ3v) is 3.72. The highest BCUT2D eigenvalue weighted by Crippen LogP contribution is 2.31. The number of ether oxygens (including phenoxy) is 1. The van der Waals surface area contributed by atoms with Gasteiger partial charge in [0.1, 0.15) is 0 Å². The van der Waals surface area contributed by atoms with Gasteiger partial charge >= 0.3 is 0 Å². The lowest BCUT2D eigenvalue weighted by atomic mass is 10.1. The van der Waals surface area contributed by atoms with E-state index in [1.807, 2.05) is 0 Å². The first-order valence-corrected chi connectivity index (χ1v) is 6.00. The van der Waals surface area contributed by atoms with Gasteiger partial charge in [-0.15, -0.1) is 0 Å². The second-order valence-corrected chi connectivity index (χ2v) is 5.03. The van der Waals surface area contributed by atoms with Crippen molar-refractivity contribution in [2.24, 2.45) is 0 Å². The molecule has 0 amide bonds. The first-order valence-electron chi connectivity index (χ1n) is 7.50. The quantitative estimate of drug-likeness (QED) is 0.700. The molecule has 0 spiro atoms. The maximum Gasteiger partial charge on any atom is 0.0589 e. The van der Waals surface area contributed by atoms with Gasteiger partial charge in [0.25, 0.3) is 0 Å². The zero-order valence-corrected chi connectivity index (χ0v) is 9.78. The predicted octanol–water partition coefficient (Wildman–Crippen LogP) is 1.19. The normalized spacial score (nSPS) is 36.6. The van der Waals surface area contributed by atoms with Gasteiger partial charge in [-0.3, -0.25) is 9.80 Å². The molecule has 2 bridgehead atoms. The van der Waals surface area contributed by atoms with Gasteiger partial charge in [0.15, 0.2) is 0 Å². The molecule has 2 atom stereocenters. The van der Waals surface area contributed by atoms with E-state index in [0.29, 0.717) is 24.7 Å². The summed E-state index contributed by atoms with van der Waals surface area (Å²) in [4.78, 5) is 4.98. The maximum atomic E-state index is 7.01. The van der Waals surface area contributed by atoms with Gasteiger partial charge in [-0.1, -0.05) is 0 Å². The molecule has 2 heterocycles. The van der Waals surface area contributed by atoms with Crippen LogP contribution in [0.25, 0.3) is 0 Å². The molecule has 0 aliphatic carbocycles. The lowest BCUT2D eigenvalue weighted by Crippen LogP contribution is -2.56. The Morgan fingerprint density at radius 1 is 1.33 bits per heavy atom. The van der Waals surface area contributed by atoms with Crippen molar-refractivity contribution in [2.45, 2.75) is 44.8 Å². The Bertz CT molecular complexity index is 269. The van der Waals surface area contributed by atoms with Gasteiger partial charge in [0.2, 0.25) is 0 Å². The van der Waals surface area contributed by atoms with Crippen LogP contribution in [-0.2, 0) is 4.74 Å². The van der Waals surface area contributed by atoms with Crippen LogP contribution in [0.2, 0.25) is 0 Å². The van der Waals surface area contributed by atoms with E-state index >= 15 is 0 Å². The van der Waals surface area contributed by atoms with Crippen LogP contribution in [-0.4, -0.2) is 61.2 Å². The molecule has 0 saturated carbocycles. The van der Waals surface area contributed by atoms with E-state index in [-0.39, 0.29) is 0 Å². The molecule has 0 aromatic carbocycles. The molecular weight excluding hydrogens is 188 g/mol. The molecule has 2 rings (SSSR count). The van der Waals surface area contributed by atoms with Crippen LogP contribution in [0.5, 0.6) is 0 Å². The standard InChI is InChI=1S/C12H24N2O/c1-10(2)14-11-4-5-12(14)9-13(8-11)6-7-15-3/h10-12H,4-9H2,1-3H3/i3D3. The van der Waals surface area contributed by atoms with E-state index in [9.17, 15) is 0 Å². The molecule has 0 aromatic rings. The van der Waals surface area contributed by atoms with Crippen molar-refractivity contribution in [3.63, 3.8) is 0 Å². The van der Waals surface area contributed by atoms with Gasteiger partial charge < -0.3 is 4.74 Å². The van der Waals surface area contributed by atoms with E-state index in [2.05, 4.69) is 23.6 Å². The largest absolute Gasteiger partial charge is 0.383 e. The topological polar surface area (TPSA) is 15.7 Å². The maximum absolute atomic E-state index is 7.01. The van der Waals surface area contributed by atoms with Crippen LogP contribution >= 0.6 is 0 Å². The minimum absolute atomic E-state index is 0.303. The minimum atomic E-state index is -2.25. The fourth-order valence-corrected chi connectivity index (χ4v) is 3.22. The Morgan fingerprint density at radius 3 is 2.53 bits per heavy atom. The summed E-state index contributed by atoms with van der Waals surface area (Å²) < 4.78 is 25.9. The van der Waals surface area contributed by atoms with Gasteiger partial charge in [-0.25, -0.2) is 0 Å². The molecule has 2 saturated heterocycles. The molecule has 15 heavy (non-hydrogen) atoms. The monoisotopic (exact) mass is 215 g/mol. The van der Waals surface area contributed by atoms with E-state index in [0.717, 1.165) is 19.6 Å². The SMILES string of the molecule is [2H]C([2H])([2H])OCCN1CC2CCC(C1)N2C(C)C. The summed E-state index contributed by atoms with van der Waals surface area (Å²) in [6.07, 6.45) is 2.55. The number of likely N-dealkylation sites (tertiary alicyclic amines) is 1. The number of hydrogen-bond donors (Lipinski definition) is 0. The van der Waals surface area contributed by atoms with Crippen LogP contribution in [0.4, 0.5) is 0 Å². The number of piperazine rings is 1. The molecule has 2 aliphatic heterocycles. The molecule has 0 aromatic heterocycles. The molecular formula is C12H24N2O. The number of rotatable bonds is 4. The Kier molecular flexibility index (Phi) is 2.58. The first kappa shape index (κ1) is 8.04. The highest BCUT2D eigenvalue weighted by molar-refractivity contribution is 4.96. The lowest BCUT2D eigenvalue weighted by molar-refractivity contribution is 0.0314. The van der Waals surface area contributed by atoms with Crippen molar-refractivity contribution in [2.75, 3.05) is 33.3 Å². The zero-order chi connectivity index (χ0) is 13.3. The number of nitrogens with zero attached hydrogens (tertiary/aromatic N) is 2. The molecule has 0 N–H and O–H groups in total. The van der Waals surface area contributed by atoms with Gasteiger partial charge in [0, 0.05) is 44.8 Å². The summed E-state index contributed by atoms with van der Waals surface area (Å²) in [6, 6.07) is 1.91. The second kappa shape index (κ2) is 4.81. The molecule has 3 heteroatoms. The molecule has 0 radical (unpaired) electrons. The van der Waals surface area contributed by atoms with Crippen LogP contribution < -0.4 is 0 Å². The van der Waals surface area contributed by atoms with E-state index in [4.69, 9.17) is 8.85 Å². The molecule has 2 aliphatic rings. The van der Waals surface area contributed by atoms with Crippen molar-refractivity contribution >= 4 is 0 Å². The Labute approximate surface area is 97.6 Å². The van der Waals surface area contributed by atoms with Gasteiger partial charge in [0.05, 0.1) is 10.7 Å². The number of hydrogen-bond acceptors (Lipinski definition) is 3. The van der Waals surface area contributed by atoms with Crippen LogP contribution in [0.15, 0.2) is 0 Å². The summed E-state index contributed by atoms with van der Waals surface area (Å²) in [5.41, 5.74) is 0. The third kappa shape index (κ3) is 2.35. The summed E-state index contributed by atoms with van der Waals surface area (Å²) in [5, 5.41) is 0. The Morgan fingerprint density at radius 2 is 2.00 bits per heavy atom. The fourth-order valence-electron chi connectivity index (χ4n) is 3.22. The summed E-state index contributed by atoms with van der Waals surface area (Å²) >= 11 is 0. The molecule has 3 nitrogen and oxygen atoms in total. The van der Waals surface area contributed by atoms with E-state index in [1.165, 1.54) is 12.8 Å². The highest BCUT2D eigenvalue weighted by atomic mass is 16.5. The number of methoxy groups -OCH3 is 1.